The number of carbonyl (C=O) groups is 2. The number of amides is 1. The van der Waals surface area contributed by atoms with Crippen molar-refractivity contribution in [3.63, 3.8) is 0 Å². The maximum Gasteiger partial charge on any atom is 0.305 e. The van der Waals surface area contributed by atoms with Crippen molar-refractivity contribution in [2.45, 2.75) is 482 Å². The maximum absolute atomic E-state index is 12.5. The minimum atomic E-state index is -0.842. The number of carbonyl (C=O) groups excluding carboxylic acids is 2. The number of unbranched alkanes of at least 4 members (excludes halogenated alkanes) is 65. The molecular weight excluding hydrogens is 1090 g/mol. The third-order valence-electron chi connectivity index (χ3n) is 19.5. The Morgan fingerprint density at radius 1 is 0.303 bits per heavy atom. The predicted molar refractivity (Wildman–Crippen MR) is 393 cm³/mol. The average Bonchev–Trinajstić information content (AvgIpc) is 3.60. The fraction of sp³-hybridized carbons (Fsp3) is 0.928. The second-order valence-corrected chi connectivity index (χ2v) is 28.5. The van der Waals surface area contributed by atoms with E-state index in [1.807, 2.05) is 6.08 Å². The van der Waals surface area contributed by atoms with Crippen molar-refractivity contribution in [1.82, 2.24) is 5.32 Å². The molecule has 2 unspecified atom stereocenters. The fourth-order valence-corrected chi connectivity index (χ4v) is 13.2. The summed E-state index contributed by atoms with van der Waals surface area (Å²) in [5.41, 5.74) is 0. The van der Waals surface area contributed by atoms with E-state index < -0.39 is 12.1 Å². The van der Waals surface area contributed by atoms with Crippen molar-refractivity contribution in [3.05, 3.63) is 24.3 Å². The third kappa shape index (κ3) is 75.3. The van der Waals surface area contributed by atoms with Crippen molar-refractivity contribution in [3.8, 4) is 0 Å². The number of aliphatic hydroxyl groups excluding tert-OH is 2. The first kappa shape index (κ1) is 87.3. The van der Waals surface area contributed by atoms with Gasteiger partial charge in [0.05, 0.1) is 25.4 Å². The Balaban J connectivity index is 3.34. The van der Waals surface area contributed by atoms with Crippen molar-refractivity contribution >= 4 is 11.9 Å². The number of rotatable bonds is 78. The second kappa shape index (κ2) is 78.8. The Labute approximate surface area is 558 Å². The van der Waals surface area contributed by atoms with E-state index in [1.54, 1.807) is 6.08 Å². The van der Waals surface area contributed by atoms with Gasteiger partial charge in [-0.05, 0) is 57.8 Å². The topological polar surface area (TPSA) is 95.9 Å². The summed E-state index contributed by atoms with van der Waals surface area (Å²) in [4.78, 5) is 24.6. The quantitative estimate of drug-likeness (QED) is 0.0320. The zero-order valence-electron chi connectivity index (χ0n) is 60.7. The minimum absolute atomic E-state index is 0.0239. The number of nitrogens with one attached hydrogen (secondary N) is 1. The minimum Gasteiger partial charge on any atom is -0.466 e. The van der Waals surface area contributed by atoms with E-state index >= 15 is 0 Å². The van der Waals surface area contributed by atoms with Crippen molar-refractivity contribution in [1.29, 1.82) is 0 Å². The van der Waals surface area contributed by atoms with Crippen LogP contribution in [-0.2, 0) is 14.3 Å². The zero-order chi connectivity index (χ0) is 64.2. The van der Waals surface area contributed by atoms with E-state index in [9.17, 15) is 19.8 Å². The second-order valence-electron chi connectivity index (χ2n) is 28.5. The van der Waals surface area contributed by atoms with Crippen LogP contribution in [0.5, 0.6) is 0 Å². The van der Waals surface area contributed by atoms with Crippen LogP contribution in [0.2, 0.25) is 0 Å². The lowest BCUT2D eigenvalue weighted by molar-refractivity contribution is -0.143. The molecule has 1 amide bonds. The maximum atomic E-state index is 12.5. The van der Waals surface area contributed by atoms with Gasteiger partial charge in [0.15, 0.2) is 0 Å². The summed E-state index contributed by atoms with van der Waals surface area (Å²) in [5, 5.41) is 23.3. The number of hydrogen-bond donors (Lipinski definition) is 3. The van der Waals surface area contributed by atoms with Gasteiger partial charge in [-0.3, -0.25) is 9.59 Å². The molecule has 89 heavy (non-hydrogen) atoms. The molecule has 0 aromatic carbocycles. The summed E-state index contributed by atoms with van der Waals surface area (Å²) >= 11 is 0. The van der Waals surface area contributed by atoms with Crippen LogP contribution in [0.3, 0.4) is 0 Å². The lowest BCUT2D eigenvalue weighted by Crippen LogP contribution is -2.45. The molecule has 0 heterocycles. The van der Waals surface area contributed by atoms with Crippen LogP contribution in [0.1, 0.15) is 470 Å². The molecule has 0 rings (SSSR count). The van der Waals surface area contributed by atoms with Crippen LogP contribution in [0.25, 0.3) is 0 Å². The molecule has 0 aromatic rings. The van der Waals surface area contributed by atoms with Gasteiger partial charge in [0, 0.05) is 12.8 Å². The SMILES string of the molecule is CCCCCCCCCCCCCCCCCCCCC/C=C/C(O)C(CO)NC(=O)CCCCCCCCCCCCCCCCCCC/C=C\CCCCCCCCCCCCCCCCCCCCOC(=O)CCCCCCCCCCCCCC. The molecule has 2 atom stereocenters. The van der Waals surface area contributed by atoms with Gasteiger partial charge in [-0.2, -0.15) is 0 Å². The molecule has 0 saturated carbocycles. The molecule has 6 heteroatoms. The molecule has 0 bridgehead atoms. The van der Waals surface area contributed by atoms with E-state index in [-0.39, 0.29) is 18.5 Å². The smallest absolute Gasteiger partial charge is 0.305 e. The predicted octanol–water partition coefficient (Wildman–Crippen LogP) is 27.2. The van der Waals surface area contributed by atoms with E-state index in [0.29, 0.717) is 19.4 Å². The van der Waals surface area contributed by atoms with Gasteiger partial charge in [0.1, 0.15) is 0 Å². The standard InChI is InChI=1S/C83H161NO5/c1-3-5-7-9-11-13-15-17-18-19-20-40-43-46-49-52-55-59-63-67-71-75-81(86)80(79-85)84-82(87)76-72-68-64-60-56-53-50-47-44-41-38-36-34-32-30-28-26-24-22-21-23-25-27-29-31-33-35-37-39-42-45-48-51-54-58-62-66-70-74-78-89-83(88)77-73-69-65-61-57-16-14-12-10-8-6-4-2/h21-22,71,75,80-81,85-86H,3-20,23-70,72-74,76-79H2,1-2H3,(H,84,87)/b22-21-,75-71+. The van der Waals surface area contributed by atoms with E-state index in [4.69, 9.17) is 4.74 Å². The summed E-state index contributed by atoms with van der Waals surface area (Å²) in [7, 11) is 0. The number of esters is 1. The number of hydrogen-bond acceptors (Lipinski definition) is 5. The van der Waals surface area contributed by atoms with Crippen LogP contribution >= 0.6 is 0 Å². The van der Waals surface area contributed by atoms with Crippen LogP contribution in [0, 0.1) is 0 Å². The van der Waals surface area contributed by atoms with Gasteiger partial charge < -0.3 is 20.3 Å². The molecule has 0 spiro atoms. The highest BCUT2D eigenvalue weighted by Gasteiger charge is 2.18. The van der Waals surface area contributed by atoms with Crippen molar-refractivity contribution < 1.29 is 24.5 Å². The Hall–Kier alpha value is -1.66. The largest absolute Gasteiger partial charge is 0.466 e. The summed E-state index contributed by atoms with van der Waals surface area (Å²) < 4.78 is 5.49. The third-order valence-corrected chi connectivity index (χ3v) is 19.5. The van der Waals surface area contributed by atoms with Crippen LogP contribution in [0.4, 0.5) is 0 Å². The summed E-state index contributed by atoms with van der Waals surface area (Å²) in [6, 6.07) is -0.625. The van der Waals surface area contributed by atoms with E-state index in [1.165, 1.54) is 405 Å². The first-order valence-electron chi connectivity index (χ1n) is 41.1. The van der Waals surface area contributed by atoms with E-state index in [0.717, 1.165) is 38.5 Å². The lowest BCUT2D eigenvalue weighted by Gasteiger charge is -2.20. The van der Waals surface area contributed by atoms with Crippen LogP contribution < -0.4 is 5.32 Å². The Morgan fingerprint density at radius 2 is 0.528 bits per heavy atom. The molecular formula is C83H161NO5. The Bertz CT molecular complexity index is 1400. The van der Waals surface area contributed by atoms with Gasteiger partial charge in [-0.25, -0.2) is 0 Å². The first-order chi connectivity index (χ1) is 44.0. The summed E-state index contributed by atoms with van der Waals surface area (Å²) in [5.74, 6) is -0.0347. The zero-order valence-corrected chi connectivity index (χ0v) is 60.7. The van der Waals surface area contributed by atoms with E-state index in [2.05, 4.69) is 31.3 Å². The average molecular weight is 1250 g/mol. The number of allylic oxidation sites excluding steroid dienone is 3. The Kier molecular flexibility index (Phi) is 77.3. The van der Waals surface area contributed by atoms with Gasteiger partial charge in [0.25, 0.3) is 0 Å². The summed E-state index contributed by atoms with van der Waals surface area (Å²) in [6.45, 7) is 4.96. The summed E-state index contributed by atoms with van der Waals surface area (Å²) in [6.07, 6.45) is 102. The number of ether oxygens (including phenoxy) is 1. The first-order valence-corrected chi connectivity index (χ1v) is 41.1. The normalized spacial score (nSPS) is 12.5. The lowest BCUT2D eigenvalue weighted by atomic mass is 10.0. The molecule has 0 fully saturated rings. The van der Waals surface area contributed by atoms with Crippen molar-refractivity contribution in [2.75, 3.05) is 13.2 Å². The van der Waals surface area contributed by atoms with Gasteiger partial charge in [0.2, 0.25) is 5.91 Å². The Morgan fingerprint density at radius 3 is 0.798 bits per heavy atom. The van der Waals surface area contributed by atoms with Gasteiger partial charge in [-0.15, -0.1) is 0 Å². The molecule has 0 aliphatic carbocycles. The molecule has 0 radical (unpaired) electrons. The molecule has 6 nitrogen and oxygen atoms in total. The van der Waals surface area contributed by atoms with Crippen LogP contribution in [0.15, 0.2) is 24.3 Å². The molecule has 3 N–H and O–H groups in total. The molecule has 0 aliphatic heterocycles. The molecule has 0 aromatic heterocycles. The monoisotopic (exact) mass is 1250 g/mol. The van der Waals surface area contributed by atoms with Gasteiger partial charge >= 0.3 is 5.97 Å². The highest BCUT2D eigenvalue weighted by Crippen LogP contribution is 2.20. The van der Waals surface area contributed by atoms with Crippen LogP contribution in [-0.4, -0.2) is 47.4 Å². The fourth-order valence-electron chi connectivity index (χ4n) is 13.2. The molecule has 528 valence electrons. The van der Waals surface area contributed by atoms with Gasteiger partial charge in [-0.1, -0.05) is 423 Å². The number of aliphatic hydroxyl groups is 2. The molecule has 0 saturated heterocycles. The highest BCUT2D eigenvalue weighted by molar-refractivity contribution is 5.76. The highest BCUT2D eigenvalue weighted by atomic mass is 16.5. The van der Waals surface area contributed by atoms with Crippen molar-refractivity contribution in [2.24, 2.45) is 0 Å². The molecule has 0 aliphatic rings.